The molecule has 2 N–H and O–H groups in total. The third kappa shape index (κ3) is 4.77. The van der Waals surface area contributed by atoms with Crippen LogP contribution < -0.4 is 15.0 Å². The van der Waals surface area contributed by atoms with E-state index in [2.05, 4.69) is 25.1 Å². The summed E-state index contributed by atoms with van der Waals surface area (Å²) in [5.74, 6) is -0.155. The van der Waals surface area contributed by atoms with E-state index < -0.39 is 23.3 Å². The number of aromatic nitrogens is 3. The number of anilines is 1. The number of ether oxygens (including phenoxy) is 1. The number of hydrogen-bond acceptors (Lipinski definition) is 8. The SMILES string of the molecule is CCc1c(F)ccc2cc(O)cc(-c3ncc4c(N5C[C@H]6CCCN[C@H]6C5)nc(OC[C@@]56CCCN5C[C@H](F)C6)nc4c3F)c12. The Morgan fingerprint density at radius 2 is 2.02 bits per heavy atom. The van der Waals surface area contributed by atoms with Crippen LogP contribution in [0.15, 0.2) is 30.5 Å². The number of piperidine rings is 1. The van der Waals surface area contributed by atoms with E-state index in [4.69, 9.17) is 9.72 Å². The van der Waals surface area contributed by atoms with Crippen LogP contribution >= 0.6 is 0 Å². The Balaban J connectivity index is 1.26. The van der Waals surface area contributed by atoms with Gasteiger partial charge in [0.05, 0.1) is 10.9 Å². The van der Waals surface area contributed by atoms with Crippen molar-refractivity contribution >= 4 is 27.5 Å². The molecule has 4 aliphatic heterocycles. The molecule has 0 unspecified atom stereocenters. The van der Waals surface area contributed by atoms with Crippen LogP contribution in [0.25, 0.3) is 32.9 Å². The van der Waals surface area contributed by atoms with Crippen LogP contribution in [-0.4, -0.2) is 82.0 Å². The fourth-order valence-corrected chi connectivity index (χ4v) is 8.41. The zero-order valence-corrected chi connectivity index (χ0v) is 25.3. The van der Waals surface area contributed by atoms with Crippen molar-refractivity contribution in [1.82, 2.24) is 25.2 Å². The van der Waals surface area contributed by atoms with Gasteiger partial charge >= 0.3 is 6.01 Å². The van der Waals surface area contributed by atoms with Gasteiger partial charge in [-0.15, -0.1) is 0 Å². The second-order valence-corrected chi connectivity index (χ2v) is 13.2. The molecule has 0 amide bonds. The first-order valence-corrected chi connectivity index (χ1v) is 16.1. The fraction of sp³-hybridized carbons (Fsp3) is 0.500. The lowest BCUT2D eigenvalue weighted by Crippen LogP contribution is -2.43. The highest BCUT2D eigenvalue weighted by molar-refractivity contribution is 6.01. The number of benzene rings is 2. The van der Waals surface area contributed by atoms with Gasteiger partial charge in [0.15, 0.2) is 5.82 Å². The van der Waals surface area contributed by atoms with Gasteiger partial charge < -0.3 is 20.1 Å². The molecule has 0 aliphatic carbocycles. The summed E-state index contributed by atoms with van der Waals surface area (Å²) in [6.07, 6.45) is 5.49. The van der Waals surface area contributed by atoms with Crippen LogP contribution in [0, 0.1) is 17.6 Å². The highest BCUT2D eigenvalue weighted by atomic mass is 19.1. The number of aromatic hydroxyl groups is 1. The molecule has 6 heterocycles. The molecule has 0 radical (unpaired) electrons. The van der Waals surface area contributed by atoms with Gasteiger partial charge in [0.1, 0.15) is 41.4 Å². The topological polar surface area (TPSA) is 86.6 Å². The Kier molecular flexibility index (Phi) is 7.01. The molecule has 8 nitrogen and oxygen atoms in total. The van der Waals surface area contributed by atoms with E-state index in [-0.39, 0.29) is 29.6 Å². The maximum absolute atomic E-state index is 16.8. The Labute approximate surface area is 259 Å². The van der Waals surface area contributed by atoms with Crippen molar-refractivity contribution in [3.63, 3.8) is 0 Å². The summed E-state index contributed by atoms with van der Waals surface area (Å²) >= 11 is 0. The predicted octanol–water partition coefficient (Wildman–Crippen LogP) is 5.53. The first kappa shape index (κ1) is 28.8. The Morgan fingerprint density at radius 1 is 1.13 bits per heavy atom. The number of halogens is 3. The lowest BCUT2D eigenvalue weighted by atomic mass is 9.94. The molecule has 4 aromatic rings. The molecule has 11 heteroatoms. The third-order valence-electron chi connectivity index (χ3n) is 10.5. The van der Waals surface area contributed by atoms with Crippen molar-refractivity contribution in [2.45, 2.75) is 63.2 Å². The molecule has 4 aliphatic rings. The van der Waals surface area contributed by atoms with Gasteiger partial charge in [-0.1, -0.05) is 13.0 Å². The molecule has 4 fully saturated rings. The molecule has 8 rings (SSSR count). The third-order valence-corrected chi connectivity index (χ3v) is 10.5. The Morgan fingerprint density at radius 3 is 2.87 bits per heavy atom. The van der Waals surface area contributed by atoms with Crippen molar-refractivity contribution in [2.75, 3.05) is 44.2 Å². The maximum Gasteiger partial charge on any atom is 0.319 e. The summed E-state index contributed by atoms with van der Waals surface area (Å²) in [6, 6.07) is 6.27. The van der Waals surface area contributed by atoms with E-state index in [1.165, 1.54) is 12.1 Å². The molecule has 45 heavy (non-hydrogen) atoms. The van der Waals surface area contributed by atoms with Crippen LogP contribution in [-0.2, 0) is 6.42 Å². The average molecular weight is 619 g/mol. The van der Waals surface area contributed by atoms with E-state index in [0.29, 0.717) is 64.4 Å². The minimum atomic E-state index is -0.900. The second-order valence-electron chi connectivity index (χ2n) is 13.2. The Hall–Kier alpha value is -3.70. The van der Waals surface area contributed by atoms with Crippen LogP contribution in [0.4, 0.5) is 19.0 Å². The molecule has 236 valence electrons. The average Bonchev–Trinajstić information content (AvgIpc) is 3.72. The molecular weight excluding hydrogens is 581 g/mol. The van der Waals surface area contributed by atoms with Crippen molar-refractivity contribution in [3.8, 4) is 23.0 Å². The standard InChI is InChI=1S/C34H37F3N6O2/c1-2-23-26(36)7-6-19-11-22(44)12-24(28(19)23)30-29(37)31-25(14-39-30)32(42-15-20-5-3-9-38-27(20)17-42)41-33(40-31)45-18-34-8-4-10-43(34)16-21(35)13-34/h6-7,11-12,14,20-21,27,38,44H,2-5,8-10,13,15-18H2,1H3/t20-,21-,27+,34+/m1/s1. The lowest BCUT2D eigenvalue weighted by molar-refractivity contribution is 0.107. The first-order chi connectivity index (χ1) is 21.8. The van der Waals surface area contributed by atoms with Crippen molar-refractivity contribution in [3.05, 3.63) is 47.7 Å². The Bertz CT molecular complexity index is 1790. The molecule has 0 spiro atoms. The lowest BCUT2D eigenvalue weighted by Gasteiger charge is -2.31. The van der Waals surface area contributed by atoms with E-state index >= 15 is 4.39 Å². The number of alkyl halides is 1. The summed E-state index contributed by atoms with van der Waals surface area (Å²) in [4.78, 5) is 18.3. The van der Waals surface area contributed by atoms with Gasteiger partial charge in [-0.05, 0) is 85.6 Å². The maximum atomic E-state index is 16.8. The fourth-order valence-electron chi connectivity index (χ4n) is 8.41. The van der Waals surface area contributed by atoms with Crippen LogP contribution in [0.5, 0.6) is 11.8 Å². The van der Waals surface area contributed by atoms with E-state index in [0.717, 1.165) is 51.9 Å². The van der Waals surface area contributed by atoms with Crippen molar-refractivity contribution in [2.24, 2.45) is 5.92 Å². The number of phenolic OH excluding ortho intramolecular Hbond substituents is 1. The summed E-state index contributed by atoms with van der Waals surface area (Å²) in [5.41, 5.74) is 0.316. The van der Waals surface area contributed by atoms with Crippen molar-refractivity contribution in [1.29, 1.82) is 0 Å². The number of aryl methyl sites for hydroxylation is 1. The van der Waals surface area contributed by atoms with Gasteiger partial charge in [0.2, 0.25) is 0 Å². The number of nitrogens with one attached hydrogen (secondary N) is 1. The summed E-state index contributed by atoms with van der Waals surface area (Å²) in [6.45, 7) is 5.75. The normalized spacial score (nSPS) is 26.6. The zero-order valence-electron chi connectivity index (χ0n) is 25.3. The number of phenols is 1. The first-order valence-electron chi connectivity index (χ1n) is 16.1. The smallest absolute Gasteiger partial charge is 0.319 e. The number of pyridine rings is 1. The van der Waals surface area contributed by atoms with E-state index in [1.807, 2.05) is 6.92 Å². The molecule has 0 saturated carbocycles. The summed E-state index contributed by atoms with van der Waals surface area (Å²) in [5, 5.41) is 15.7. The summed E-state index contributed by atoms with van der Waals surface area (Å²) < 4.78 is 52.5. The highest BCUT2D eigenvalue weighted by Crippen LogP contribution is 2.42. The molecule has 0 bridgehead atoms. The number of fused-ring (bicyclic) bond motifs is 4. The van der Waals surface area contributed by atoms with E-state index in [9.17, 15) is 13.9 Å². The summed E-state index contributed by atoms with van der Waals surface area (Å²) in [7, 11) is 0. The molecule has 2 aromatic carbocycles. The minimum absolute atomic E-state index is 0.0346. The van der Waals surface area contributed by atoms with Crippen LogP contribution in [0.2, 0.25) is 0 Å². The second kappa shape index (κ2) is 11.0. The predicted molar refractivity (Wildman–Crippen MR) is 167 cm³/mol. The number of hydrogen-bond donors (Lipinski definition) is 2. The van der Waals surface area contributed by atoms with E-state index in [1.54, 1.807) is 18.3 Å². The van der Waals surface area contributed by atoms with Gasteiger partial charge in [-0.2, -0.15) is 9.97 Å². The van der Waals surface area contributed by atoms with Crippen molar-refractivity contribution < 1.29 is 23.0 Å². The highest BCUT2D eigenvalue weighted by Gasteiger charge is 2.49. The van der Waals surface area contributed by atoms with Gasteiger partial charge in [0, 0.05) is 43.9 Å². The zero-order chi connectivity index (χ0) is 30.9. The molecular formula is C34H37F3N6O2. The monoisotopic (exact) mass is 618 g/mol. The molecule has 2 aromatic heterocycles. The van der Waals surface area contributed by atoms with Gasteiger partial charge in [-0.3, -0.25) is 9.88 Å². The molecule has 4 atom stereocenters. The van der Waals surface area contributed by atoms with Crippen LogP contribution in [0.1, 0.15) is 44.6 Å². The molecule has 4 saturated heterocycles. The van der Waals surface area contributed by atoms with Gasteiger partial charge in [-0.25, -0.2) is 13.2 Å². The number of rotatable bonds is 6. The minimum Gasteiger partial charge on any atom is -0.508 e. The largest absolute Gasteiger partial charge is 0.508 e. The quantitative estimate of drug-likeness (QED) is 0.292. The van der Waals surface area contributed by atoms with Crippen LogP contribution in [0.3, 0.4) is 0 Å². The van der Waals surface area contributed by atoms with Gasteiger partial charge in [0.25, 0.3) is 0 Å². The number of nitrogens with zero attached hydrogens (tertiary/aromatic N) is 5.